The van der Waals surface area contributed by atoms with Crippen molar-refractivity contribution >= 4 is 32.7 Å². The number of ether oxygens (including phenoxy) is 1. The van der Waals surface area contributed by atoms with Gasteiger partial charge in [0, 0.05) is 19.7 Å². The molecule has 1 unspecified atom stereocenters. The lowest BCUT2D eigenvalue weighted by atomic mass is 9.90. The first-order valence-corrected chi connectivity index (χ1v) is 12.3. The van der Waals surface area contributed by atoms with E-state index < -0.39 is 10.0 Å². The molecule has 7 nitrogen and oxygen atoms in total. The number of anilines is 2. The molecule has 162 valence electrons. The third kappa shape index (κ3) is 4.22. The molecule has 31 heavy (non-hydrogen) atoms. The lowest BCUT2D eigenvalue weighted by molar-refractivity contribution is 0.0531. The Morgan fingerprint density at radius 1 is 0.903 bits per heavy atom. The van der Waals surface area contributed by atoms with Gasteiger partial charge < -0.3 is 9.64 Å². The van der Waals surface area contributed by atoms with Crippen LogP contribution in [0.15, 0.2) is 59.5 Å². The van der Waals surface area contributed by atoms with Crippen molar-refractivity contribution in [1.82, 2.24) is 9.97 Å². The highest BCUT2D eigenvalue weighted by atomic mass is 32.2. The van der Waals surface area contributed by atoms with Gasteiger partial charge in [-0.3, -0.25) is 4.72 Å². The van der Waals surface area contributed by atoms with Crippen molar-refractivity contribution < 1.29 is 13.2 Å². The van der Waals surface area contributed by atoms with Gasteiger partial charge in [-0.2, -0.15) is 0 Å². The summed E-state index contributed by atoms with van der Waals surface area (Å²) in [6.45, 7) is 2.47. The van der Waals surface area contributed by atoms with Gasteiger partial charge in [0.05, 0.1) is 22.0 Å². The third-order valence-corrected chi connectivity index (χ3v) is 7.52. The van der Waals surface area contributed by atoms with Crippen LogP contribution in [0.1, 0.15) is 25.7 Å². The normalized spacial score (nSPS) is 20.3. The summed E-state index contributed by atoms with van der Waals surface area (Å²) < 4.78 is 34.6. The topological polar surface area (TPSA) is 84.4 Å². The second-order valence-corrected chi connectivity index (χ2v) is 9.86. The number of rotatable bonds is 5. The molecule has 2 aliphatic heterocycles. The van der Waals surface area contributed by atoms with Crippen LogP contribution in [0.4, 0.5) is 11.6 Å². The maximum Gasteiger partial charge on any atom is 0.263 e. The molecule has 3 aromatic rings. The molecule has 1 atom stereocenters. The van der Waals surface area contributed by atoms with E-state index in [0.717, 1.165) is 50.9 Å². The Labute approximate surface area is 182 Å². The minimum absolute atomic E-state index is 0.202. The Hall–Kier alpha value is -2.71. The molecule has 0 saturated carbocycles. The van der Waals surface area contributed by atoms with Crippen molar-refractivity contribution in [2.75, 3.05) is 29.3 Å². The van der Waals surface area contributed by atoms with Gasteiger partial charge in [-0.15, -0.1) is 0 Å². The van der Waals surface area contributed by atoms with Gasteiger partial charge in [0.25, 0.3) is 10.0 Å². The standard InChI is InChI=1S/C23H26N4O3S/c28-31(29,18-7-2-1-3-8-18)26-22-23(25-20-10-5-4-9-19(20)24-22)27-14-12-17(13-15-27)21-11-6-16-30-21/h1-5,7-10,17,21H,6,11-16H2,(H,24,26). The average molecular weight is 439 g/mol. The van der Waals surface area contributed by atoms with Crippen molar-refractivity contribution in [1.29, 1.82) is 0 Å². The molecular formula is C23H26N4O3S. The summed E-state index contributed by atoms with van der Waals surface area (Å²) in [7, 11) is -3.77. The van der Waals surface area contributed by atoms with Gasteiger partial charge in [-0.25, -0.2) is 18.4 Å². The van der Waals surface area contributed by atoms with Gasteiger partial charge in [0.15, 0.2) is 11.6 Å². The van der Waals surface area contributed by atoms with E-state index in [9.17, 15) is 8.42 Å². The van der Waals surface area contributed by atoms with Crippen molar-refractivity contribution in [2.24, 2.45) is 5.92 Å². The van der Waals surface area contributed by atoms with Crippen LogP contribution < -0.4 is 9.62 Å². The molecule has 2 saturated heterocycles. The summed E-state index contributed by atoms with van der Waals surface area (Å²) in [5.41, 5.74) is 1.41. The number of fused-ring (bicyclic) bond motifs is 1. The molecule has 0 bridgehead atoms. The molecule has 2 fully saturated rings. The third-order valence-electron chi connectivity index (χ3n) is 6.17. The second kappa shape index (κ2) is 8.43. The van der Waals surface area contributed by atoms with Crippen LogP contribution in [0.25, 0.3) is 11.0 Å². The first-order valence-electron chi connectivity index (χ1n) is 10.8. The minimum atomic E-state index is -3.77. The number of benzene rings is 2. The number of sulfonamides is 1. The summed E-state index contributed by atoms with van der Waals surface area (Å²) in [4.78, 5) is 11.8. The summed E-state index contributed by atoms with van der Waals surface area (Å²) in [6.07, 6.45) is 4.66. The fourth-order valence-corrected chi connectivity index (χ4v) is 5.55. The minimum Gasteiger partial charge on any atom is -0.378 e. The Bertz CT molecular complexity index is 1160. The van der Waals surface area contributed by atoms with Crippen LogP contribution in [0.3, 0.4) is 0 Å². The molecule has 5 rings (SSSR count). The smallest absolute Gasteiger partial charge is 0.263 e. The number of para-hydroxylation sites is 2. The van der Waals surface area contributed by atoms with Crippen molar-refractivity contribution in [3.8, 4) is 0 Å². The summed E-state index contributed by atoms with van der Waals surface area (Å²) in [6, 6.07) is 15.9. The largest absolute Gasteiger partial charge is 0.378 e. The van der Waals surface area contributed by atoms with Gasteiger partial charge in [0.1, 0.15) is 0 Å². The highest BCUT2D eigenvalue weighted by Crippen LogP contribution is 2.33. The number of piperidine rings is 1. The van der Waals surface area contributed by atoms with Crippen LogP contribution in [-0.2, 0) is 14.8 Å². The number of nitrogens with zero attached hydrogens (tertiary/aromatic N) is 3. The number of nitrogens with one attached hydrogen (secondary N) is 1. The van der Waals surface area contributed by atoms with Crippen molar-refractivity contribution in [3.05, 3.63) is 54.6 Å². The van der Waals surface area contributed by atoms with Gasteiger partial charge in [-0.05, 0) is 55.9 Å². The highest BCUT2D eigenvalue weighted by molar-refractivity contribution is 7.92. The number of hydrogen-bond donors (Lipinski definition) is 1. The summed E-state index contributed by atoms with van der Waals surface area (Å²) in [5.74, 6) is 1.42. The molecule has 0 amide bonds. The number of aromatic nitrogens is 2. The molecule has 2 aromatic carbocycles. The van der Waals surface area contributed by atoms with Crippen LogP contribution in [-0.4, -0.2) is 44.2 Å². The van der Waals surface area contributed by atoms with E-state index >= 15 is 0 Å². The zero-order valence-corrected chi connectivity index (χ0v) is 18.1. The van der Waals surface area contributed by atoms with Crippen molar-refractivity contribution in [3.63, 3.8) is 0 Å². The van der Waals surface area contributed by atoms with Gasteiger partial charge in [-0.1, -0.05) is 30.3 Å². The number of hydrogen-bond acceptors (Lipinski definition) is 6. The van der Waals surface area contributed by atoms with E-state index in [4.69, 9.17) is 9.72 Å². The SMILES string of the molecule is O=S(=O)(Nc1nc2ccccc2nc1N1CCC(C2CCCO2)CC1)c1ccccc1. The summed E-state index contributed by atoms with van der Waals surface area (Å²) >= 11 is 0. The van der Waals surface area contributed by atoms with Crippen LogP contribution >= 0.6 is 0 Å². The van der Waals surface area contributed by atoms with Crippen LogP contribution in [0, 0.1) is 5.92 Å². The fourth-order valence-electron chi connectivity index (χ4n) is 4.52. The molecule has 0 spiro atoms. The van der Waals surface area contributed by atoms with E-state index in [1.165, 1.54) is 0 Å². The Balaban J connectivity index is 1.45. The average Bonchev–Trinajstić information content (AvgIpc) is 3.34. The molecule has 1 N–H and O–H groups in total. The predicted molar refractivity (Wildman–Crippen MR) is 121 cm³/mol. The first kappa shape index (κ1) is 20.2. The zero-order valence-electron chi connectivity index (χ0n) is 17.3. The maximum atomic E-state index is 13.0. The second-order valence-electron chi connectivity index (χ2n) is 8.18. The van der Waals surface area contributed by atoms with E-state index in [1.54, 1.807) is 30.3 Å². The Morgan fingerprint density at radius 2 is 1.58 bits per heavy atom. The monoisotopic (exact) mass is 438 g/mol. The molecule has 2 aliphatic rings. The molecule has 8 heteroatoms. The quantitative estimate of drug-likeness (QED) is 0.652. The van der Waals surface area contributed by atoms with E-state index in [-0.39, 0.29) is 10.7 Å². The van der Waals surface area contributed by atoms with Gasteiger partial charge >= 0.3 is 0 Å². The Kier molecular flexibility index (Phi) is 5.50. The highest BCUT2D eigenvalue weighted by Gasteiger charge is 2.31. The van der Waals surface area contributed by atoms with E-state index in [0.29, 0.717) is 23.4 Å². The first-order chi connectivity index (χ1) is 15.1. The summed E-state index contributed by atoms with van der Waals surface area (Å²) in [5, 5.41) is 0. The maximum absolute atomic E-state index is 13.0. The van der Waals surface area contributed by atoms with Gasteiger partial charge in [0.2, 0.25) is 0 Å². The molecule has 3 heterocycles. The lowest BCUT2D eigenvalue weighted by Crippen LogP contribution is -2.38. The Morgan fingerprint density at radius 3 is 2.26 bits per heavy atom. The fraction of sp³-hybridized carbons (Fsp3) is 0.391. The molecule has 0 aliphatic carbocycles. The zero-order chi connectivity index (χ0) is 21.3. The van der Waals surface area contributed by atoms with E-state index in [1.807, 2.05) is 24.3 Å². The van der Waals surface area contributed by atoms with Crippen LogP contribution in [0.5, 0.6) is 0 Å². The van der Waals surface area contributed by atoms with Crippen molar-refractivity contribution in [2.45, 2.75) is 36.7 Å². The predicted octanol–water partition coefficient (Wildman–Crippen LogP) is 3.83. The van der Waals surface area contributed by atoms with E-state index in [2.05, 4.69) is 14.6 Å². The molecular weight excluding hydrogens is 412 g/mol. The molecule has 0 radical (unpaired) electrons. The molecule has 1 aromatic heterocycles. The van der Waals surface area contributed by atoms with Crippen LogP contribution in [0.2, 0.25) is 0 Å². The lowest BCUT2D eigenvalue weighted by Gasteiger charge is -2.35.